The number of alkyl halides is 1. The smallest absolute Gasteiger partial charge is 0.119 e. The maximum absolute atomic E-state index is 5.79. The Hall–Kier alpha value is -0.540. The quantitative estimate of drug-likeness (QED) is 0.724. The van der Waals surface area contributed by atoms with Gasteiger partial charge in [-0.05, 0) is 62.3 Å². The van der Waals surface area contributed by atoms with E-state index in [1.54, 1.807) is 7.11 Å². The summed E-state index contributed by atoms with van der Waals surface area (Å²) in [5.41, 5.74) is 2.64. The van der Waals surface area contributed by atoms with Crippen molar-refractivity contribution < 1.29 is 9.47 Å². The van der Waals surface area contributed by atoms with E-state index < -0.39 is 0 Å². The molecular weight excluding hydrogens is 304 g/mol. The van der Waals surface area contributed by atoms with Crippen molar-refractivity contribution in [2.24, 2.45) is 0 Å². The first-order valence-corrected chi connectivity index (χ1v) is 8.02. The van der Waals surface area contributed by atoms with Crippen molar-refractivity contribution in [3.05, 3.63) is 29.3 Å². The van der Waals surface area contributed by atoms with Crippen LogP contribution in [-0.4, -0.2) is 19.8 Å². The molecule has 2 atom stereocenters. The van der Waals surface area contributed by atoms with Crippen molar-refractivity contribution in [3.8, 4) is 5.75 Å². The van der Waals surface area contributed by atoms with Gasteiger partial charge in [0, 0.05) is 11.4 Å². The van der Waals surface area contributed by atoms with Crippen molar-refractivity contribution in [3.63, 3.8) is 0 Å². The third kappa shape index (κ3) is 4.22. The fourth-order valence-corrected chi connectivity index (χ4v) is 3.43. The Balaban J connectivity index is 1.89. The molecule has 1 aliphatic rings. The summed E-state index contributed by atoms with van der Waals surface area (Å²) in [4.78, 5) is 0.406. The largest absolute Gasteiger partial charge is 0.497 e. The van der Waals surface area contributed by atoms with E-state index in [0.717, 1.165) is 25.2 Å². The first-order chi connectivity index (χ1) is 9.20. The lowest BCUT2D eigenvalue weighted by Gasteiger charge is -2.24. The number of methoxy groups -OCH3 is 1. The molecule has 2 nitrogen and oxygen atoms in total. The van der Waals surface area contributed by atoms with Crippen LogP contribution in [-0.2, 0) is 4.74 Å². The number of hydrogen-bond acceptors (Lipinski definition) is 2. The fraction of sp³-hybridized carbons (Fsp3) is 0.625. The van der Waals surface area contributed by atoms with Gasteiger partial charge in [0.1, 0.15) is 5.75 Å². The molecule has 1 heterocycles. The highest BCUT2D eigenvalue weighted by Gasteiger charge is 2.17. The minimum atomic E-state index is 0.406. The van der Waals surface area contributed by atoms with Gasteiger partial charge in [-0.15, -0.1) is 0 Å². The second kappa shape index (κ2) is 7.30. The Morgan fingerprint density at radius 3 is 2.89 bits per heavy atom. The molecule has 0 aromatic heterocycles. The number of benzene rings is 1. The molecule has 3 heteroatoms. The van der Waals surface area contributed by atoms with Crippen molar-refractivity contribution in [1.29, 1.82) is 0 Å². The zero-order valence-electron chi connectivity index (χ0n) is 11.8. The summed E-state index contributed by atoms with van der Waals surface area (Å²) in [6, 6.07) is 6.30. The van der Waals surface area contributed by atoms with Crippen LogP contribution in [0, 0.1) is 6.92 Å². The molecule has 2 rings (SSSR count). The van der Waals surface area contributed by atoms with E-state index in [2.05, 4.69) is 35.0 Å². The molecule has 0 aliphatic carbocycles. The molecule has 1 aromatic carbocycles. The molecule has 1 aromatic rings. The molecule has 0 spiro atoms. The zero-order valence-corrected chi connectivity index (χ0v) is 13.4. The third-order valence-electron chi connectivity index (χ3n) is 3.83. The maximum Gasteiger partial charge on any atom is 0.119 e. The Labute approximate surface area is 124 Å². The van der Waals surface area contributed by atoms with Gasteiger partial charge in [0.05, 0.1) is 13.2 Å². The van der Waals surface area contributed by atoms with Gasteiger partial charge in [-0.1, -0.05) is 22.0 Å². The summed E-state index contributed by atoms with van der Waals surface area (Å²) in [7, 11) is 1.71. The minimum Gasteiger partial charge on any atom is -0.497 e. The second-order valence-corrected chi connectivity index (χ2v) is 6.36. The van der Waals surface area contributed by atoms with Gasteiger partial charge in [-0.3, -0.25) is 0 Å². The van der Waals surface area contributed by atoms with Crippen LogP contribution in [0.25, 0.3) is 0 Å². The van der Waals surface area contributed by atoms with Crippen LogP contribution in [0.3, 0.4) is 0 Å². The lowest BCUT2D eigenvalue weighted by atomic mass is 9.98. The lowest BCUT2D eigenvalue weighted by molar-refractivity contribution is 0.0101. The highest BCUT2D eigenvalue weighted by Crippen LogP contribution is 2.33. The molecule has 1 fully saturated rings. The van der Waals surface area contributed by atoms with E-state index in [1.807, 2.05) is 6.07 Å². The number of aryl methyl sites for hydroxylation is 1. The first-order valence-electron chi connectivity index (χ1n) is 7.11. The van der Waals surface area contributed by atoms with Crippen LogP contribution in [0.4, 0.5) is 0 Å². The zero-order chi connectivity index (χ0) is 13.7. The predicted molar refractivity (Wildman–Crippen MR) is 82.2 cm³/mol. The molecule has 2 unspecified atom stereocenters. The molecule has 1 saturated heterocycles. The van der Waals surface area contributed by atoms with Crippen molar-refractivity contribution in [1.82, 2.24) is 0 Å². The summed E-state index contributed by atoms with van der Waals surface area (Å²) in [6.07, 6.45) is 6.50. The Morgan fingerprint density at radius 2 is 2.26 bits per heavy atom. The molecule has 0 amide bonds. The Kier molecular flexibility index (Phi) is 5.71. The van der Waals surface area contributed by atoms with Gasteiger partial charge in [-0.2, -0.15) is 0 Å². The van der Waals surface area contributed by atoms with E-state index >= 15 is 0 Å². The number of ether oxygens (including phenoxy) is 2. The van der Waals surface area contributed by atoms with Gasteiger partial charge in [0.2, 0.25) is 0 Å². The fourth-order valence-electron chi connectivity index (χ4n) is 2.65. The molecule has 1 aliphatic heterocycles. The molecule has 19 heavy (non-hydrogen) atoms. The standard InChI is InChI=1S/C16H23BrO2/c1-12-11-14(18-2)6-8-15(12)16(17)9-7-13-5-3-4-10-19-13/h6,8,11,13,16H,3-5,7,9-10H2,1-2H3. The minimum absolute atomic E-state index is 0.406. The number of halogens is 1. The summed E-state index contributed by atoms with van der Waals surface area (Å²) in [5, 5.41) is 0. The monoisotopic (exact) mass is 326 g/mol. The maximum atomic E-state index is 5.79. The van der Waals surface area contributed by atoms with Gasteiger partial charge in [-0.25, -0.2) is 0 Å². The summed E-state index contributed by atoms with van der Waals surface area (Å²) in [6.45, 7) is 3.09. The Morgan fingerprint density at radius 1 is 1.42 bits per heavy atom. The topological polar surface area (TPSA) is 18.5 Å². The molecule has 0 radical (unpaired) electrons. The van der Waals surface area contributed by atoms with E-state index in [4.69, 9.17) is 9.47 Å². The third-order valence-corrected chi connectivity index (χ3v) is 4.78. The van der Waals surface area contributed by atoms with Crippen LogP contribution in [0.1, 0.15) is 48.1 Å². The second-order valence-electron chi connectivity index (χ2n) is 5.26. The molecule has 0 saturated carbocycles. The van der Waals surface area contributed by atoms with Gasteiger partial charge in [0.25, 0.3) is 0 Å². The first kappa shape index (κ1) is 14.9. The van der Waals surface area contributed by atoms with Gasteiger partial charge >= 0.3 is 0 Å². The van der Waals surface area contributed by atoms with Crippen LogP contribution in [0.5, 0.6) is 5.75 Å². The predicted octanol–water partition coefficient (Wildman–Crippen LogP) is 4.79. The normalized spacial score (nSPS) is 21.1. The van der Waals surface area contributed by atoms with Gasteiger partial charge < -0.3 is 9.47 Å². The molecule has 0 N–H and O–H groups in total. The summed E-state index contributed by atoms with van der Waals surface area (Å²) >= 11 is 3.81. The lowest BCUT2D eigenvalue weighted by Crippen LogP contribution is -2.19. The average molecular weight is 327 g/mol. The van der Waals surface area contributed by atoms with Crippen molar-refractivity contribution in [2.45, 2.75) is 50.0 Å². The van der Waals surface area contributed by atoms with Crippen LogP contribution in [0.2, 0.25) is 0 Å². The molecular formula is C16H23BrO2. The molecule has 0 bridgehead atoms. The van der Waals surface area contributed by atoms with Crippen LogP contribution >= 0.6 is 15.9 Å². The summed E-state index contributed by atoms with van der Waals surface area (Å²) in [5.74, 6) is 0.927. The van der Waals surface area contributed by atoms with E-state index in [1.165, 1.54) is 30.4 Å². The van der Waals surface area contributed by atoms with Crippen molar-refractivity contribution >= 4 is 15.9 Å². The Bertz CT molecular complexity index is 400. The van der Waals surface area contributed by atoms with E-state index in [0.29, 0.717) is 10.9 Å². The molecule has 106 valence electrons. The number of hydrogen-bond donors (Lipinski definition) is 0. The van der Waals surface area contributed by atoms with E-state index in [9.17, 15) is 0 Å². The van der Waals surface area contributed by atoms with Crippen molar-refractivity contribution in [2.75, 3.05) is 13.7 Å². The number of rotatable bonds is 5. The SMILES string of the molecule is COc1ccc(C(Br)CCC2CCCCO2)c(C)c1. The van der Waals surface area contributed by atoms with E-state index in [-0.39, 0.29) is 0 Å². The highest BCUT2D eigenvalue weighted by atomic mass is 79.9. The van der Waals surface area contributed by atoms with Crippen LogP contribution in [0.15, 0.2) is 18.2 Å². The average Bonchev–Trinajstić information content (AvgIpc) is 2.45. The van der Waals surface area contributed by atoms with Gasteiger partial charge in [0.15, 0.2) is 0 Å². The van der Waals surface area contributed by atoms with Crippen LogP contribution < -0.4 is 4.74 Å². The highest BCUT2D eigenvalue weighted by molar-refractivity contribution is 9.09. The summed E-state index contributed by atoms with van der Waals surface area (Å²) < 4.78 is 11.0.